The van der Waals surface area contributed by atoms with E-state index in [9.17, 15) is 0 Å². The lowest BCUT2D eigenvalue weighted by Gasteiger charge is -2.13. The predicted molar refractivity (Wildman–Crippen MR) is 85.5 cm³/mol. The summed E-state index contributed by atoms with van der Waals surface area (Å²) in [6, 6.07) is 7.29. The minimum Gasteiger partial charge on any atom is -0.494 e. The molecule has 1 heterocycles. The lowest BCUT2D eigenvalue weighted by molar-refractivity contribution is -0.215. The molecule has 120 valence electrons. The first-order chi connectivity index (χ1) is 9.88. The average molecular weight is 296 g/mol. The molecule has 0 unspecified atom stereocenters. The topological polar surface area (TPSA) is 54.0 Å². The van der Waals surface area contributed by atoms with Gasteiger partial charge in [-0.25, -0.2) is 10.7 Å². The van der Waals surface area contributed by atoms with Crippen LogP contribution in [0.15, 0.2) is 24.3 Å². The molecule has 0 aliphatic carbocycles. The monoisotopic (exact) mass is 296 g/mol. The van der Waals surface area contributed by atoms with Gasteiger partial charge in [0.25, 0.3) is 0 Å². The molecule has 2 rings (SSSR count). The molecule has 1 aromatic rings. The van der Waals surface area contributed by atoms with Crippen LogP contribution in [-0.2, 0) is 4.99 Å². The summed E-state index contributed by atoms with van der Waals surface area (Å²) in [5, 5.41) is 8.25. The molecular weight excluding hydrogens is 268 g/mol. The number of rotatable bonds is 9. The largest absolute Gasteiger partial charge is 0.494 e. The summed E-state index contributed by atoms with van der Waals surface area (Å²) in [6.45, 7) is 4.56. The van der Waals surface area contributed by atoms with Crippen LogP contribution in [-0.4, -0.2) is 36.4 Å². The summed E-state index contributed by atoms with van der Waals surface area (Å²) < 4.78 is 5.67. The van der Waals surface area contributed by atoms with E-state index in [1.807, 2.05) is 12.1 Å². The molecule has 0 spiro atoms. The van der Waals surface area contributed by atoms with Crippen LogP contribution in [0.1, 0.15) is 39.5 Å². The van der Waals surface area contributed by atoms with Crippen molar-refractivity contribution < 1.29 is 15.0 Å². The molecule has 5 nitrogen and oxygen atoms in total. The maximum Gasteiger partial charge on any atom is 0.119 e. The van der Waals surface area contributed by atoms with E-state index in [1.54, 1.807) is 12.1 Å². The maximum atomic E-state index is 8.25. The van der Waals surface area contributed by atoms with Crippen LogP contribution in [0.2, 0.25) is 0 Å². The Morgan fingerprint density at radius 1 is 1.05 bits per heavy atom. The fourth-order valence-corrected chi connectivity index (χ4v) is 2.48. The number of anilines is 1. The third-order valence-corrected chi connectivity index (χ3v) is 3.60. The molecule has 21 heavy (non-hydrogen) atoms. The molecule has 1 saturated heterocycles. The van der Waals surface area contributed by atoms with Crippen molar-refractivity contribution in [1.82, 2.24) is 4.90 Å². The minimum absolute atomic E-state index is 0. The van der Waals surface area contributed by atoms with E-state index >= 15 is 0 Å². The van der Waals surface area contributed by atoms with Crippen LogP contribution >= 0.6 is 0 Å². The highest BCUT2D eigenvalue weighted by Crippen LogP contribution is 2.16. The highest BCUT2D eigenvalue weighted by atomic mass is 17.2. The zero-order valence-electron chi connectivity index (χ0n) is 11.9. The van der Waals surface area contributed by atoms with Crippen molar-refractivity contribution >= 4 is 5.69 Å². The Labute approximate surface area is 127 Å². The number of nitrogens with one attached hydrogen (secondary N) is 1. The molecule has 0 radical (unpaired) electrons. The number of nitrogens with zero attached hydrogens (tertiary/aromatic N) is 1. The van der Waals surface area contributed by atoms with E-state index in [4.69, 9.17) is 9.99 Å². The number of ether oxygens (including phenoxy) is 1. The second kappa shape index (κ2) is 10.4. The standard InChI is InChI=1S/C15H24N2O3.CH4/c18-20-16-14-6-8-15(9-7-14)19-13-5-1-2-10-17-11-3-4-12-17;/h6-9,16,18H,1-5,10-13H2;1H4. The fraction of sp³-hybridized carbons (Fsp3) is 0.625. The van der Waals surface area contributed by atoms with Gasteiger partial charge in [-0.05, 0) is 76.0 Å². The molecule has 0 amide bonds. The van der Waals surface area contributed by atoms with E-state index in [-0.39, 0.29) is 7.43 Å². The van der Waals surface area contributed by atoms with Gasteiger partial charge in [0.1, 0.15) is 5.75 Å². The smallest absolute Gasteiger partial charge is 0.119 e. The molecule has 1 aliphatic heterocycles. The van der Waals surface area contributed by atoms with Crippen molar-refractivity contribution in [2.75, 3.05) is 31.7 Å². The highest BCUT2D eigenvalue weighted by molar-refractivity contribution is 5.44. The molecule has 0 saturated carbocycles. The molecule has 2 N–H and O–H groups in total. The van der Waals surface area contributed by atoms with E-state index in [1.165, 1.54) is 45.3 Å². The van der Waals surface area contributed by atoms with Gasteiger partial charge in [0.15, 0.2) is 0 Å². The Balaban J connectivity index is 0.00000220. The highest BCUT2D eigenvalue weighted by Gasteiger charge is 2.09. The molecule has 0 bridgehead atoms. The third-order valence-electron chi connectivity index (χ3n) is 3.60. The van der Waals surface area contributed by atoms with Crippen molar-refractivity contribution in [2.24, 2.45) is 0 Å². The Morgan fingerprint density at radius 2 is 1.76 bits per heavy atom. The van der Waals surface area contributed by atoms with Gasteiger partial charge in [-0.15, -0.1) is 4.99 Å². The van der Waals surface area contributed by atoms with Gasteiger partial charge in [0.05, 0.1) is 12.3 Å². The molecule has 1 fully saturated rings. The zero-order chi connectivity index (χ0) is 14.0. The summed E-state index contributed by atoms with van der Waals surface area (Å²) in [7, 11) is 0. The van der Waals surface area contributed by atoms with Gasteiger partial charge >= 0.3 is 0 Å². The van der Waals surface area contributed by atoms with Crippen LogP contribution in [0.5, 0.6) is 5.75 Å². The Hall–Kier alpha value is -1.30. The Morgan fingerprint density at radius 3 is 2.43 bits per heavy atom. The van der Waals surface area contributed by atoms with E-state index < -0.39 is 0 Å². The summed E-state index contributed by atoms with van der Waals surface area (Å²) >= 11 is 0. The summed E-state index contributed by atoms with van der Waals surface area (Å²) in [6.07, 6.45) is 6.31. The Kier molecular flexibility index (Phi) is 8.82. The first-order valence-electron chi connectivity index (χ1n) is 7.40. The SMILES string of the molecule is C.OONc1ccc(OCCCCCN2CCCC2)cc1. The Bertz CT molecular complexity index is 364. The summed E-state index contributed by atoms with van der Waals surface area (Å²) in [4.78, 5) is 6.39. The van der Waals surface area contributed by atoms with Crippen molar-refractivity contribution in [3.63, 3.8) is 0 Å². The summed E-state index contributed by atoms with van der Waals surface area (Å²) in [5.74, 6) is 0.841. The van der Waals surface area contributed by atoms with E-state index in [2.05, 4.69) is 15.4 Å². The van der Waals surface area contributed by atoms with Crippen molar-refractivity contribution in [1.29, 1.82) is 0 Å². The van der Waals surface area contributed by atoms with Crippen molar-refractivity contribution in [3.05, 3.63) is 24.3 Å². The van der Waals surface area contributed by atoms with Gasteiger partial charge in [-0.2, -0.15) is 0 Å². The minimum atomic E-state index is 0. The summed E-state index contributed by atoms with van der Waals surface area (Å²) in [5.41, 5.74) is 3.03. The number of unbranched alkanes of at least 4 members (excludes halogenated alkanes) is 2. The second-order valence-corrected chi connectivity index (χ2v) is 5.18. The molecule has 1 aromatic carbocycles. The zero-order valence-corrected chi connectivity index (χ0v) is 11.9. The van der Waals surface area contributed by atoms with Crippen LogP contribution in [0.4, 0.5) is 5.69 Å². The normalized spacial score (nSPS) is 14.7. The molecule has 0 aromatic heterocycles. The number of likely N-dealkylation sites (tertiary alicyclic amines) is 1. The van der Waals surface area contributed by atoms with E-state index in [0.717, 1.165) is 18.8 Å². The van der Waals surface area contributed by atoms with Crippen LogP contribution in [0.25, 0.3) is 0 Å². The van der Waals surface area contributed by atoms with Crippen molar-refractivity contribution in [2.45, 2.75) is 39.5 Å². The van der Waals surface area contributed by atoms with Crippen molar-refractivity contribution in [3.8, 4) is 5.75 Å². The van der Waals surface area contributed by atoms with Gasteiger partial charge in [0.2, 0.25) is 0 Å². The van der Waals surface area contributed by atoms with Crippen LogP contribution in [0, 0.1) is 0 Å². The number of benzene rings is 1. The molecule has 5 heteroatoms. The van der Waals surface area contributed by atoms with Gasteiger partial charge in [-0.3, -0.25) is 0 Å². The van der Waals surface area contributed by atoms with Crippen LogP contribution in [0.3, 0.4) is 0 Å². The predicted octanol–water partition coefficient (Wildman–Crippen LogP) is 3.78. The lowest BCUT2D eigenvalue weighted by atomic mass is 10.2. The van der Waals surface area contributed by atoms with Gasteiger partial charge in [-0.1, -0.05) is 7.43 Å². The maximum absolute atomic E-state index is 8.25. The average Bonchev–Trinajstić information content (AvgIpc) is 2.98. The number of hydrogen-bond donors (Lipinski definition) is 2. The lowest BCUT2D eigenvalue weighted by Crippen LogP contribution is -2.20. The molecular formula is C16H28N2O3. The third kappa shape index (κ3) is 6.80. The van der Waals surface area contributed by atoms with Crippen LogP contribution < -0.4 is 10.2 Å². The second-order valence-electron chi connectivity index (χ2n) is 5.18. The molecule has 1 aliphatic rings. The van der Waals surface area contributed by atoms with Gasteiger partial charge in [0, 0.05) is 0 Å². The quantitative estimate of drug-likeness (QED) is 0.412. The van der Waals surface area contributed by atoms with E-state index in [0.29, 0.717) is 5.69 Å². The first kappa shape index (κ1) is 17.8. The number of hydrogen-bond acceptors (Lipinski definition) is 5. The first-order valence-corrected chi connectivity index (χ1v) is 7.40. The van der Waals surface area contributed by atoms with Gasteiger partial charge < -0.3 is 9.64 Å². The fourth-order valence-electron chi connectivity index (χ4n) is 2.48. The molecule has 0 atom stereocenters.